The zero-order valence-electron chi connectivity index (χ0n) is 19.6. The number of carbonyl (C=O) groups excluding carboxylic acids is 2. The summed E-state index contributed by atoms with van der Waals surface area (Å²) in [6.07, 6.45) is 1.46. The molecule has 170 valence electrons. The summed E-state index contributed by atoms with van der Waals surface area (Å²) in [7, 11) is 0. The summed E-state index contributed by atoms with van der Waals surface area (Å²) in [5, 5.41) is 18.6. The van der Waals surface area contributed by atoms with Crippen molar-refractivity contribution in [3.63, 3.8) is 0 Å². The molecule has 3 rings (SSSR count). The van der Waals surface area contributed by atoms with Crippen molar-refractivity contribution >= 4 is 69.6 Å². The fraction of sp³-hybridized carbons (Fsp3) is 0.227. The Balaban J connectivity index is 0.00000289. The third-order valence-corrected chi connectivity index (χ3v) is 7.46. The summed E-state index contributed by atoms with van der Waals surface area (Å²) in [6.45, 7) is 6.66. The van der Waals surface area contributed by atoms with Crippen LogP contribution in [0.15, 0.2) is 40.8 Å². The molecule has 6 nitrogen and oxygen atoms in total. The molecule has 1 N–H and O–H groups in total. The Morgan fingerprint density at radius 1 is 1.09 bits per heavy atom. The predicted octanol–water partition coefficient (Wildman–Crippen LogP) is 3.74. The molecule has 0 spiro atoms. The van der Waals surface area contributed by atoms with E-state index in [0.29, 0.717) is 43.3 Å². The van der Waals surface area contributed by atoms with Gasteiger partial charge in [-0.15, -0.1) is 22.7 Å². The summed E-state index contributed by atoms with van der Waals surface area (Å²) < 4.78 is 0. The maximum absolute atomic E-state index is 13.2. The van der Waals surface area contributed by atoms with Crippen LogP contribution < -0.4 is 56.4 Å². The van der Waals surface area contributed by atoms with Gasteiger partial charge in [0.2, 0.25) is 0 Å². The number of carbonyl (C=O) groups is 2. The van der Waals surface area contributed by atoms with Crippen LogP contribution in [0, 0.1) is 0 Å². The van der Waals surface area contributed by atoms with E-state index in [1.807, 2.05) is 13.8 Å². The Morgan fingerprint density at radius 3 is 2.30 bits per heavy atom. The van der Waals surface area contributed by atoms with Crippen molar-refractivity contribution in [2.75, 3.05) is 18.1 Å². The van der Waals surface area contributed by atoms with Crippen LogP contribution in [0.5, 0.6) is 5.75 Å². The number of nitrogens with zero attached hydrogens (tertiary/aromatic N) is 3. The van der Waals surface area contributed by atoms with E-state index < -0.39 is 5.91 Å². The molecule has 0 atom stereocenters. The van der Waals surface area contributed by atoms with Crippen LogP contribution in [0.3, 0.4) is 0 Å². The van der Waals surface area contributed by atoms with Gasteiger partial charge >= 0.3 is 51.4 Å². The van der Waals surface area contributed by atoms with Gasteiger partial charge in [-0.3, -0.25) is 9.59 Å². The summed E-state index contributed by atoms with van der Waals surface area (Å²) in [6, 6.07) is 8.28. The average molecular weight is 551 g/mol. The van der Waals surface area contributed by atoms with Crippen LogP contribution in [-0.4, -0.2) is 41.1 Å². The molecule has 2 amide bonds. The van der Waals surface area contributed by atoms with Crippen LogP contribution in [-0.2, 0) is 0 Å². The average Bonchev–Trinajstić information content (AvgIpc) is 3.42. The van der Waals surface area contributed by atoms with Gasteiger partial charge in [-0.1, -0.05) is 29.3 Å². The van der Waals surface area contributed by atoms with Crippen LogP contribution in [0.1, 0.15) is 41.5 Å². The van der Waals surface area contributed by atoms with E-state index in [0.717, 1.165) is 16.3 Å². The molecule has 0 aliphatic heterocycles. The Labute approximate surface area is 254 Å². The van der Waals surface area contributed by atoms with E-state index in [2.05, 4.69) is 5.10 Å². The number of rotatable bonds is 7. The minimum absolute atomic E-state index is 0. The van der Waals surface area contributed by atoms with Crippen LogP contribution in [0.4, 0.5) is 5.69 Å². The molecule has 0 radical (unpaired) electrons. The van der Waals surface area contributed by atoms with Crippen molar-refractivity contribution in [1.82, 2.24) is 4.90 Å². The van der Waals surface area contributed by atoms with Crippen molar-refractivity contribution < 1.29 is 67.5 Å². The number of aromatic hydroxyl groups is 1. The predicted molar refractivity (Wildman–Crippen MR) is 135 cm³/mol. The van der Waals surface area contributed by atoms with Gasteiger partial charge in [-0.2, -0.15) is 10.1 Å². The molecule has 0 fully saturated rings. The number of hydrogen-bond acceptors (Lipinski definition) is 6. The summed E-state index contributed by atoms with van der Waals surface area (Å²) in [5.74, 6) is -0.659. The number of hydrogen-bond donors (Lipinski definition) is 1. The van der Waals surface area contributed by atoms with Crippen LogP contribution in [0.2, 0.25) is 10.0 Å². The number of hydrazone groups is 1. The molecule has 1 aromatic carbocycles. The first-order valence-electron chi connectivity index (χ1n) is 9.80. The van der Waals surface area contributed by atoms with E-state index >= 15 is 0 Å². The van der Waals surface area contributed by atoms with Crippen molar-refractivity contribution in [1.29, 1.82) is 0 Å². The first-order valence-corrected chi connectivity index (χ1v) is 12.3. The number of amides is 2. The Bertz CT molecular complexity index is 1180. The second-order valence-electron chi connectivity index (χ2n) is 6.56. The number of anilines is 1. The third-order valence-electron chi connectivity index (χ3n) is 4.66. The van der Waals surface area contributed by atoms with Gasteiger partial charge < -0.3 is 11.4 Å². The second-order valence-corrected chi connectivity index (χ2v) is 9.34. The monoisotopic (exact) mass is 549 g/mol. The Kier molecular flexibility index (Phi) is 11.1. The van der Waals surface area contributed by atoms with Crippen LogP contribution in [0.25, 0.3) is 10.4 Å². The van der Waals surface area contributed by atoms with E-state index in [1.165, 1.54) is 17.6 Å². The molecule has 2 heterocycles. The molecule has 0 unspecified atom stereocenters. The van der Waals surface area contributed by atoms with E-state index in [9.17, 15) is 14.7 Å². The quantitative estimate of drug-likeness (QED) is 0.277. The number of benzene rings is 1. The van der Waals surface area contributed by atoms with Crippen molar-refractivity contribution in [3.05, 3.63) is 55.5 Å². The second kappa shape index (κ2) is 12.8. The van der Waals surface area contributed by atoms with Crippen molar-refractivity contribution in [3.8, 4) is 16.2 Å². The molecule has 0 aliphatic rings. The molecule has 11 heteroatoms. The standard InChI is InChI=1S/C22H21Cl2N3O3S2.K.H/c1-4-25-27(22(30)18-10-9-17(32-18)21(29)26(5-2)6-3)16-12-31-20(19(16)28)13-7-8-14(23)15(24)11-13;;/h4,7-12,28H,5-6H2,1-3H3;;/q;+1;-1. The van der Waals surface area contributed by atoms with E-state index in [4.69, 9.17) is 23.2 Å². The maximum atomic E-state index is 13.2. The first kappa shape index (κ1) is 28.5. The largest absolute Gasteiger partial charge is 1.00 e. The molecular formula is C22H22Cl2KN3O3S2. The number of halogens is 2. The topological polar surface area (TPSA) is 73.2 Å². The van der Waals surface area contributed by atoms with Gasteiger partial charge in [0.1, 0.15) is 5.69 Å². The molecule has 0 aliphatic carbocycles. The minimum atomic E-state index is -0.444. The fourth-order valence-corrected chi connectivity index (χ4v) is 5.13. The first-order chi connectivity index (χ1) is 15.3. The van der Waals surface area contributed by atoms with Gasteiger partial charge in [-0.25, -0.2) is 0 Å². The van der Waals surface area contributed by atoms with E-state index in [1.54, 1.807) is 47.5 Å². The zero-order valence-corrected chi connectivity index (χ0v) is 24.9. The van der Waals surface area contributed by atoms with Crippen LogP contribution >= 0.6 is 45.9 Å². The maximum Gasteiger partial charge on any atom is 1.00 e. The molecule has 3 aromatic rings. The molecule has 0 saturated heterocycles. The summed E-state index contributed by atoms with van der Waals surface area (Å²) in [5.41, 5.74) is 0.911. The molecule has 2 aromatic heterocycles. The smallest absolute Gasteiger partial charge is 1.00 e. The summed E-state index contributed by atoms with van der Waals surface area (Å²) in [4.78, 5) is 28.9. The minimum Gasteiger partial charge on any atom is -1.00 e. The SMILES string of the molecule is CC=NN(C(=O)c1ccc(C(=O)N(CC)CC)s1)c1csc(-c2ccc(Cl)c(Cl)c2)c1O.[H-].[K+]. The molecule has 0 bridgehead atoms. The van der Waals surface area contributed by atoms with Gasteiger partial charge in [0, 0.05) is 24.7 Å². The molecule has 0 saturated carbocycles. The van der Waals surface area contributed by atoms with Gasteiger partial charge in [-0.05, 0) is 50.6 Å². The number of thiophene rings is 2. The Hall–Kier alpha value is -0.754. The summed E-state index contributed by atoms with van der Waals surface area (Å²) >= 11 is 14.5. The van der Waals surface area contributed by atoms with E-state index in [-0.39, 0.29) is 70.2 Å². The normalized spacial score (nSPS) is 10.8. The zero-order chi connectivity index (χ0) is 23.4. The molecular weight excluding hydrogens is 528 g/mol. The van der Waals surface area contributed by atoms with Gasteiger partial charge in [0.25, 0.3) is 11.8 Å². The van der Waals surface area contributed by atoms with Gasteiger partial charge in [0.05, 0.1) is 24.7 Å². The van der Waals surface area contributed by atoms with Crippen molar-refractivity contribution in [2.45, 2.75) is 20.8 Å². The third kappa shape index (κ3) is 6.28. The Morgan fingerprint density at radius 2 is 1.73 bits per heavy atom. The molecule has 33 heavy (non-hydrogen) atoms. The fourth-order valence-electron chi connectivity index (χ4n) is 3.01. The van der Waals surface area contributed by atoms with Crippen molar-refractivity contribution in [2.24, 2.45) is 5.10 Å². The van der Waals surface area contributed by atoms with Gasteiger partial charge in [0.15, 0.2) is 5.75 Å².